The van der Waals surface area contributed by atoms with Gasteiger partial charge in [0.25, 0.3) is 5.56 Å². The number of carboxylic acids is 2. The molecule has 2 aromatic carbocycles. The van der Waals surface area contributed by atoms with Crippen LogP contribution in [0.1, 0.15) is 31.8 Å². The van der Waals surface area contributed by atoms with E-state index in [1.807, 2.05) is 0 Å². The number of benzene rings is 2. The van der Waals surface area contributed by atoms with Gasteiger partial charge in [-0.05, 0) is 59.7 Å². The molecule has 4 aromatic rings. The number of halogens is 10. The van der Waals surface area contributed by atoms with Crippen molar-refractivity contribution in [2.75, 3.05) is 27.3 Å². The molecule has 2 aliphatic rings. The van der Waals surface area contributed by atoms with Crippen LogP contribution in [0.5, 0.6) is 0 Å². The lowest BCUT2D eigenvalue weighted by atomic mass is 10.1. The van der Waals surface area contributed by atoms with Crippen molar-refractivity contribution in [1.29, 1.82) is 0 Å². The number of esters is 2. The fourth-order valence-electron chi connectivity index (χ4n) is 4.23. The highest BCUT2D eigenvalue weighted by atomic mass is 79.9. The van der Waals surface area contributed by atoms with Gasteiger partial charge in [-0.1, -0.05) is 86.1 Å². The van der Waals surface area contributed by atoms with Gasteiger partial charge in [0, 0.05) is 5.33 Å². The highest BCUT2D eigenvalue weighted by molar-refractivity contribution is 9.08. The minimum Gasteiger partial charge on any atom is -0.478 e. The number of hydrogen-bond donors (Lipinski definition) is 2. The van der Waals surface area contributed by atoms with E-state index in [1.165, 1.54) is 44.6 Å². The molecule has 4 heterocycles. The zero-order valence-electron chi connectivity index (χ0n) is 32.6. The van der Waals surface area contributed by atoms with Crippen molar-refractivity contribution in [3.05, 3.63) is 143 Å². The van der Waals surface area contributed by atoms with Crippen LogP contribution in [0.4, 0.5) is 17.6 Å². The largest absolute Gasteiger partial charge is 0.478 e. The van der Waals surface area contributed by atoms with E-state index in [2.05, 4.69) is 50.7 Å². The second-order valence-corrected chi connectivity index (χ2v) is 14.1. The van der Waals surface area contributed by atoms with Crippen LogP contribution in [0.25, 0.3) is 0 Å². The van der Waals surface area contributed by atoms with Crippen molar-refractivity contribution in [1.82, 2.24) is 20.0 Å². The normalized spacial score (nSPS) is 12.6. The molecule has 344 valence electrons. The van der Waals surface area contributed by atoms with Crippen molar-refractivity contribution in [3.8, 4) is 0 Å². The summed E-state index contributed by atoms with van der Waals surface area (Å²) in [7, 11) is 2.45. The van der Waals surface area contributed by atoms with Gasteiger partial charge in [0.05, 0.1) is 20.8 Å². The third kappa shape index (κ3) is 17.9. The first kappa shape index (κ1) is 55.2. The van der Waals surface area contributed by atoms with Crippen LogP contribution in [0.2, 0.25) is 15.5 Å². The van der Waals surface area contributed by atoms with Gasteiger partial charge in [0.2, 0.25) is 0 Å². The van der Waals surface area contributed by atoms with Crippen LogP contribution in [0.3, 0.4) is 0 Å². The number of dihydropyridines is 2. The van der Waals surface area contributed by atoms with Crippen molar-refractivity contribution < 1.29 is 66.0 Å². The van der Waals surface area contributed by atoms with Crippen LogP contribution >= 0.6 is 73.9 Å². The fraction of sp³-hybridized carbons (Fsp3) is 0.158. The molecular formula is C38H26BrCl5F4N6O11. The molecule has 27 heteroatoms. The predicted molar refractivity (Wildman–Crippen MR) is 230 cm³/mol. The third-order valence-corrected chi connectivity index (χ3v) is 9.02. The zero-order chi connectivity index (χ0) is 49.1. The second kappa shape index (κ2) is 26.8. The van der Waals surface area contributed by atoms with Gasteiger partial charge < -0.3 is 19.7 Å². The third-order valence-electron chi connectivity index (χ3n) is 7.26. The highest BCUT2D eigenvalue weighted by Crippen LogP contribution is 2.16. The van der Waals surface area contributed by atoms with Gasteiger partial charge in [-0.2, -0.15) is 5.10 Å². The molecule has 0 bridgehead atoms. The van der Waals surface area contributed by atoms with E-state index < -0.39 is 64.1 Å². The van der Waals surface area contributed by atoms with Crippen molar-refractivity contribution >= 4 is 120 Å². The van der Waals surface area contributed by atoms with Gasteiger partial charge in [-0.3, -0.25) is 24.4 Å². The number of aliphatic imine (C=N–C) groups is 2. The molecule has 2 aromatic heterocycles. The predicted octanol–water partition coefficient (Wildman–Crippen LogP) is 6.87. The lowest BCUT2D eigenvalue weighted by molar-refractivity contribution is -0.138. The number of alkyl halides is 1. The maximum Gasteiger partial charge on any atom is 0.341 e. The average Bonchev–Trinajstić information content (AvgIpc) is 3.27. The molecule has 2 N–H and O–H groups in total. The highest BCUT2D eigenvalue weighted by Gasteiger charge is 2.22. The summed E-state index contributed by atoms with van der Waals surface area (Å²) in [5.74, 6) is -8.54. The molecule has 0 atom stereocenters. The average molecular weight is 1080 g/mol. The first-order chi connectivity index (χ1) is 30.5. The Morgan fingerprint density at radius 3 is 1.63 bits per heavy atom. The molecule has 0 saturated carbocycles. The van der Waals surface area contributed by atoms with Crippen LogP contribution in [0.15, 0.2) is 86.6 Å². The number of ketones is 2. The number of aromatic nitrogens is 4. The maximum atomic E-state index is 13.1. The van der Waals surface area contributed by atoms with Crippen LogP contribution in [-0.4, -0.2) is 103 Å². The Labute approximate surface area is 396 Å². The maximum absolute atomic E-state index is 13.1. The number of Topliss-reactive ketones (excluding diaryl/α,β-unsaturated/α-hetero) is 2. The molecule has 0 radical (unpaired) electrons. The quantitative estimate of drug-likeness (QED) is 0.0830. The molecule has 6 rings (SSSR count). The number of hydrogen-bond acceptors (Lipinski definition) is 14. The molecule has 0 spiro atoms. The number of nitrogens with zero attached hydrogens (tertiary/aromatic N) is 6. The van der Waals surface area contributed by atoms with Crippen LogP contribution < -0.4 is 5.56 Å². The van der Waals surface area contributed by atoms with E-state index in [0.29, 0.717) is 5.33 Å². The van der Waals surface area contributed by atoms with E-state index in [1.54, 1.807) is 0 Å². The number of allylic oxidation sites excluding steroid dienone is 2. The van der Waals surface area contributed by atoms with Gasteiger partial charge in [-0.25, -0.2) is 41.4 Å². The minimum absolute atomic E-state index is 0.0220. The Bertz CT molecular complexity index is 2690. The van der Waals surface area contributed by atoms with Crippen molar-refractivity contribution in [2.24, 2.45) is 9.98 Å². The summed E-state index contributed by atoms with van der Waals surface area (Å²) >= 11 is 30.6. The van der Waals surface area contributed by atoms with Crippen LogP contribution in [-0.2, 0) is 40.5 Å². The second-order valence-electron chi connectivity index (χ2n) is 11.7. The molecule has 0 unspecified atom stereocenters. The summed E-state index contributed by atoms with van der Waals surface area (Å²) in [4.78, 5) is 83.8. The first-order valence-electron chi connectivity index (χ1n) is 17.0. The number of aliphatic carboxylic acids is 1. The zero-order valence-corrected chi connectivity index (χ0v) is 38.0. The van der Waals surface area contributed by atoms with Gasteiger partial charge in [-0.15, -0.1) is 10.2 Å². The Morgan fingerprint density at radius 2 is 1.15 bits per heavy atom. The number of rotatable bonds is 7. The molecule has 0 fully saturated rings. The Hall–Kier alpha value is -5.91. The van der Waals surface area contributed by atoms with Crippen LogP contribution in [0, 0.1) is 23.3 Å². The summed E-state index contributed by atoms with van der Waals surface area (Å²) < 4.78 is 60.0. The Balaban J connectivity index is 0.000000287. The van der Waals surface area contributed by atoms with Crippen molar-refractivity contribution in [2.45, 2.75) is 11.9 Å². The molecule has 17 nitrogen and oxygen atoms in total. The number of carboxylic acid groups (broad SMARTS) is 2. The van der Waals surface area contributed by atoms with E-state index in [0.717, 1.165) is 40.6 Å². The van der Waals surface area contributed by atoms with E-state index >= 15 is 0 Å². The lowest BCUT2D eigenvalue weighted by Crippen LogP contribution is -2.29. The van der Waals surface area contributed by atoms with E-state index in [9.17, 15) is 51.1 Å². The standard InChI is InChI=1S/C12H7ClF2N2O3.C7H5BrF2.C7H6ClNO3.C6H4Cl2N2O2.C6H4ClNO3/c13-10-4-7(12(19)20)11(18)17(16-10)5-6-1-2-8(14)9(15)3-6;8-4-5-1-2-6(9)7(10)3-5;1-12-7(11)4-2-6(8)9-3-5(4)10;1-12-6(11)3-2-4(7)9-10-5(3)8;7-5-1-3(6(10)11)4(9)2-8-5/h1-4H,5H2,(H,19,20);1-3H,4H2;2H,3H2,1H3;2H,1H3;1H,2H2,(H,10,11). The summed E-state index contributed by atoms with van der Waals surface area (Å²) in [6.07, 6.45) is 2.26. The van der Waals surface area contributed by atoms with Gasteiger partial charge in [0.1, 0.15) is 45.7 Å². The number of ether oxygens (including phenoxy) is 2. The molecule has 0 saturated heterocycles. The van der Waals surface area contributed by atoms with Gasteiger partial charge in [0.15, 0.2) is 50.3 Å². The summed E-state index contributed by atoms with van der Waals surface area (Å²) in [6.45, 7) is -0.479. The molecule has 0 aliphatic carbocycles. The summed E-state index contributed by atoms with van der Waals surface area (Å²) in [6, 6.07) is 9.09. The smallest absolute Gasteiger partial charge is 0.341 e. The fourth-order valence-corrected chi connectivity index (χ4v) is 5.43. The minimum atomic E-state index is -1.45. The Kier molecular flexibility index (Phi) is 22.7. The van der Waals surface area contributed by atoms with E-state index in [-0.39, 0.29) is 73.5 Å². The van der Waals surface area contributed by atoms with E-state index in [4.69, 9.17) is 68.2 Å². The first-order valence-corrected chi connectivity index (χ1v) is 20.0. The number of carbonyl (C=O) groups excluding carboxylic acids is 4. The lowest BCUT2D eigenvalue weighted by Gasteiger charge is -2.07. The Morgan fingerprint density at radius 1 is 0.662 bits per heavy atom. The summed E-state index contributed by atoms with van der Waals surface area (Å²) in [5, 5.41) is 28.4. The molecular weight excluding hydrogens is 1050 g/mol. The summed E-state index contributed by atoms with van der Waals surface area (Å²) in [5.41, 5.74) is -0.683. The molecule has 2 aliphatic heterocycles. The number of aromatic carboxylic acids is 1. The van der Waals surface area contributed by atoms with Gasteiger partial charge >= 0.3 is 23.9 Å². The monoisotopic (exact) mass is 1070 g/mol. The SMILES string of the molecule is COC(=O)C1=CC(Cl)=NCC1=O.COC(=O)c1cc(Cl)nnc1Cl.Fc1ccc(CBr)cc1F.O=C(O)C1=CC(Cl)=NCC1=O.O=C(O)c1cc(Cl)nn(Cc2ccc(F)c(F)c2)c1=O. The topological polar surface area (TPSA) is 247 Å². The molecule has 65 heavy (non-hydrogen) atoms. The number of methoxy groups -OCH3 is 2. The molecule has 0 amide bonds. The van der Waals surface area contributed by atoms with Crippen molar-refractivity contribution in [3.63, 3.8) is 0 Å². The number of carbonyl (C=O) groups is 6.